The van der Waals surface area contributed by atoms with Crippen molar-refractivity contribution in [1.29, 1.82) is 0 Å². The van der Waals surface area contributed by atoms with E-state index in [0.29, 0.717) is 74.1 Å². The van der Waals surface area contributed by atoms with Crippen molar-refractivity contribution in [2.75, 3.05) is 51.4 Å². The van der Waals surface area contributed by atoms with E-state index >= 15 is 0 Å². The van der Waals surface area contributed by atoms with Crippen LogP contribution < -0.4 is 20.9 Å². The second-order valence-electron chi connectivity index (χ2n) is 11.1. The van der Waals surface area contributed by atoms with Crippen molar-refractivity contribution >= 4 is 40.9 Å². The van der Waals surface area contributed by atoms with Crippen molar-refractivity contribution < 1.29 is 19.1 Å². The highest BCUT2D eigenvalue weighted by Crippen LogP contribution is 2.34. The Kier molecular flexibility index (Phi) is 9.68. The van der Waals surface area contributed by atoms with E-state index in [-0.39, 0.29) is 47.8 Å². The van der Waals surface area contributed by atoms with Crippen LogP contribution in [0.15, 0.2) is 65.7 Å². The van der Waals surface area contributed by atoms with Crippen LogP contribution >= 0.6 is 12.4 Å². The van der Waals surface area contributed by atoms with Gasteiger partial charge in [-0.2, -0.15) is 0 Å². The smallest absolute Gasteiger partial charge is 0.278 e. The van der Waals surface area contributed by atoms with Crippen LogP contribution in [-0.4, -0.2) is 83.3 Å². The molecule has 2 aliphatic rings. The van der Waals surface area contributed by atoms with Gasteiger partial charge in [-0.15, -0.1) is 12.4 Å². The first-order valence-corrected chi connectivity index (χ1v) is 14.6. The third-order valence-electron chi connectivity index (χ3n) is 8.16. The average molecular weight is 621 g/mol. The van der Waals surface area contributed by atoms with E-state index in [4.69, 9.17) is 20.2 Å². The molecular formula is C32H37ClN6O5. The predicted octanol–water partition coefficient (Wildman–Crippen LogP) is 2.96. The highest BCUT2D eigenvalue weighted by atomic mass is 35.5. The molecule has 2 fully saturated rings. The average Bonchev–Trinajstić information content (AvgIpc) is 3.37. The summed E-state index contributed by atoms with van der Waals surface area (Å²) >= 11 is 0. The predicted molar refractivity (Wildman–Crippen MR) is 170 cm³/mol. The Hall–Kier alpha value is -4.19. The van der Waals surface area contributed by atoms with Crippen LogP contribution in [0.2, 0.25) is 0 Å². The van der Waals surface area contributed by atoms with Crippen molar-refractivity contribution in [1.82, 2.24) is 19.0 Å². The summed E-state index contributed by atoms with van der Waals surface area (Å²) in [5.74, 6) is 0.757. The van der Waals surface area contributed by atoms with E-state index in [1.807, 2.05) is 34.9 Å². The summed E-state index contributed by atoms with van der Waals surface area (Å²) in [6.45, 7) is 3.20. The molecule has 2 aromatic heterocycles. The molecule has 2 aromatic carbocycles. The number of anilines is 1. The molecular weight excluding hydrogens is 584 g/mol. The van der Waals surface area contributed by atoms with Crippen LogP contribution in [0.5, 0.6) is 5.75 Å². The minimum absolute atomic E-state index is 0. The van der Waals surface area contributed by atoms with Gasteiger partial charge in [0, 0.05) is 44.3 Å². The first-order valence-electron chi connectivity index (χ1n) is 14.6. The first kappa shape index (κ1) is 31.2. The first-order chi connectivity index (χ1) is 20.9. The molecule has 0 bridgehead atoms. The zero-order chi connectivity index (χ0) is 29.9. The largest absolute Gasteiger partial charge is 0.497 e. The van der Waals surface area contributed by atoms with Crippen molar-refractivity contribution in [2.24, 2.45) is 5.73 Å². The summed E-state index contributed by atoms with van der Waals surface area (Å²) in [4.78, 5) is 50.4. The lowest BCUT2D eigenvalue weighted by Crippen LogP contribution is -2.45. The molecule has 232 valence electrons. The SMILES string of the molecule is COc1cccc(C(=O)Cn2cnc3c(C(=O)N4CCOCC4)c(N4CCCC(N)C4)n(Cc4ccccc4)c3c2=O)c1.Cl. The minimum atomic E-state index is -0.388. The molecule has 1 amide bonds. The molecule has 0 radical (unpaired) electrons. The van der Waals surface area contributed by atoms with Gasteiger partial charge in [-0.05, 0) is 30.5 Å². The van der Waals surface area contributed by atoms with Crippen molar-refractivity contribution in [2.45, 2.75) is 32.0 Å². The van der Waals surface area contributed by atoms with Gasteiger partial charge in [0.2, 0.25) is 0 Å². The molecule has 4 aromatic rings. The summed E-state index contributed by atoms with van der Waals surface area (Å²) < 4.78 is 14.0. The summed E-state index contributed by atoms with van der Waals surface area (Å²) in [7, 11) is 1.54. The fraction of sp³-hybridized carbons (Fsp3) is 0.375. The highest BCUT2D eigenvalue weighted by molar-refractivity contribution is 6.11. The van der Waals surface area contributed by atoms with Crippen LogP contribution in [0.4, 0.5) is 5.82 Å². The van der Waals surface area contributed by atoms with E-state index in [0.717, 1.165) is 18.4 Å². The maximum Gasteiger partial charge on any atom is 0.278 e. The van der Waals surface area contributed by atoms with Crippen LogP contribution in [0.3, 0.4) is 0 Å². The van der Waals surface area contributed by atoms with Gasteiger partial charge in [0.1, 0.15) is 28.2 Å². The third-order valence-corrected chi connectivity index (χ3v) is 8.16. The molecule has 1 atom stereocenters. The van der Waals surface area contributed by atoms with Crippen LogP contribution in [0.1, 0.15) is 39.1 Å². The molecule has 0 aliphatic carbocycles. The number of Topliss-reactive ketones (excluding diaryl/α,β-unsaturated/α-hetero) is 1. The molecule has 44 heavy (non-hydrogen) atoms. The van der Waals surface area contributed by atoms with E-state index in [2.05, 4.69) is 4.90 Å². The van der Waals surface area contributed by atoms with E-state index in [9.17, 15) is 14.4 Å². The number of carbonyl (C=O) groups excluding carboxylic acids is 2. The molecule has 1 unspecified atom stereocenters. The quantitative estimate of drug-likeness (QED) is 0.298. The number of hydrogen-bond donors (Lipinski definition) is 1. The fourth-order valence-corrected chi connectivity index (χ4v) is 5.98. The van der Waals surface area contributed by atoms with Crippen LogP contribution in [-0.2, 0) is 17.8 Å². The van der Waals surface area contributed by atoms with Crippen molar-refractivity contribution in [3.63, 3.8) is 0 Å². The standard InChI is InChI=1S/C32H36N6O5.ClH/c1-42-25-11-5-9-23(17-25)26(39)20-37-21-34-28-27(31(40)35-13-15-43-16-14-35)30(36-12-6-10-24(33)19-36)38(29(28)32(37)41)18-22-7-3-2-4-8-22;/h2-5,7-9,11,17,21,24H,6,10,12-16,18-20,33H2,1H3;1H. The van der Waals surface area contributed by atoms with Crippen molar-refractivity contribution in [3.8, 4) is 5.75 Å². The Morgan fingerprint density at radius 3 is 2.57 bits per heavy atom. The van der Waals surface area contributed by atoms with Gasteiger partial charge in [0.05, 0.1) is 33.2 Å². The lowest BCUT2D eigenvalue weighted by Gasteiger charge is -2.35. The number of piperidine rings is 1. The zero-order valence-corrected chi connectivity index (χ0v) is 25.5. The van der Waals surface area contributed by atoms with Gasteiger partial charge < -0.3 is 29.6 Å². The van der Waals surface area contributed by atoms with Gasteiger partial charge in [0.25, 0.3) is 11.5 Å². The summed E-state index contributed by atoms with van der Waals surface area (Å²) in [5.41, 5.74) is 8.44. The van der Waals surface area contributed by atoms with Gasteiger partial charge >= 0.3 is 0 Å². The number of halogens is 1. The maximum absolute atomic E-state index is 14.3. The number of aromatic nitrogens is 3. The Morgan fingerprint density at radius 2 is 1.84 bits per heavy atom. The van der Waals surface area contributed by atoms with Gasteiger partial charge in [0.15, 0.2) is 5.78 Å². The minimum Gasteiger partial charge on any atom is -0.497 e. The second kappa shape index (κ2) is 13.6. The fourth-order valence-electron chi connectivity index (χ4n) is 5.98. The third kappa shape index (κ3) is 6.21. The number of morpholine rings is 1. The zero-order valence-electron chi connectivity index (χ0n) is 24.7. The Balaban J connectivity index is 0.00000384. The number of nitrogens with zero attached hydrogens (tertiary/aromatic N) is 5. The monoisotopic (exact) mass is 620 g/mol. The lowest BCUT2D eigenvalue weighted by molar-refractivity contribution is 0.0304. The molecule has 6 rings (SSSR count). The highest BCUT2D eigenvalue weighted by Gasteiger charge is 2.34. The number of benzene rings is 2. The molecule has 0 spiro atoms. The van der Waals surface area contributed by atoms with E-state index < -0.39 is 0 Å². The van der Waals surface area contributed by atoms with Crippen LogP contribution in [0, 0.1) is 0 Å². The summed E-state index contributed by atoms with van der Waals surface area (Å²) in [6.07, 6.45) is 3.13. The number of hydrogen-bond acceptors (Lipinski definition) is 8. The number of ether oxygens (including phenoxy) is 2. The Labute approximate surface area is 261 Å². The van der Waals surface area contributed by atoms with Gasteiger partial charge in [-0.1, -0.05) is 42.5 Å². The topological polar surface area (TPSA) is 125 Å². The normalized spacial score (nSPS) is 16.9. The number of amides is 1. The summed E-state index contributed by atoms with van der Waals surface area (Å²) in [6, 6.07) is 16.6. The van der Waals surface area contributed by atoms with E-state index in [1.165, 1.54) is 18.0 Å². The number of ketones is 1. The lowest BCUT2D eigenvalue weighted by atomic mass is 10.1. The van der Waals surface area contributed by atoms with Gasteiger partial charge in [-0.3, -0.25) is 19.0 Å². The molecule has 11 nitrogen and oxygen atoms in total. The Morgan fingerprint density at radius 1 is 1.07 bits per heavy atom. The molecule has 2 saturated heterocycles. The van der Waals surface area contributed by atoms with E-state index in [1.54, 1.807) is 29.2 Å². The number of fused-ring (bicyclic) bond motifs is 1. The van der Waals surface area contributed by atoms with Crippen molar-refractivity contribution in [3.05, 3.63) is 88.0 Å². The molecule has 12 heteroatoms. The number of nitrogens with two attached hydrogens (primary N) is 1. The summed E-state index contributed by atoms with van der Waals surface area (Å²) in [5, 5.41) is 0. The molecule has 0 saturated carbocycles. The molecule has 2 N–H and O–H groups in total. The Bertz CT molecular complexity index is 1700. The van der Waals surface area contributed by atoms with Gasteiger partial charge in [-0.25, -0.2) is 4.98 Å². The number of methoxy groups -OCH3 is 1. The number of rotatable bonds is 8. The molecule has 2 aliphatic heterocycles. The van der Waals surface area contributed by atoms with Crippen LogP contribution in [0.25, 0.3) is 11.0 Å². The molecule has 4 heterocycles. The maximum atomic E-state index is 14.3. The number of carbonyl (C=O) groups is 2. The second-order valence-corrected chi connectivity index (χ2v) is 11.1.